The van der Waals surface area contributed by atoms with Crippen molar-refractivity contribution in [1.82, 2.24) is 14.6 Å². The van der Waals surface area contributed by atoms with Gasteiger partial charge < -0.3 is 20.1 Å². The van der Waals surface area contributed by atoms with Gasteiger partial charge >= 0.3 is 6.09 Å². The van der Waals surface area contributed by atoms with Crippen molar-refractivity contribution in [2.75, 3.05) is 35.8 Å². The highest BCUT2D eigenvalue weighted by Gasteiger charge is 2.24. The molecule has 1 atom stereocenters. The van der Waals surface area contributed by atoms with Crippen LogP contribution >= 0.6 is 0 Å². The molecule has 6 rings (SSSR count). The Bertz CT molecular complexity index is 1820. The second-order valence-electron chi connectivity index (χ2n) is 9.76. The molecular weight excluding hydrogens is 551 g/mol. The number of halogens is 1. The summed E-state index contributed by atoms with van der Waals surface area (Å²) in [7, 11) is 1.55. The maximum absolute atomic E-state index is 13.3. The standard InChI is InChI=1S/C32H27FN6O4/c1-3-26(21-4-9-23(33)10-5-21)30(40)34-24-11-6-20(7-12-24)22-8-15-29-36-31(37-39(29)19-22)35-27-14-13-25(18-28(27)42-2)38-16-17-43-32(38)41/h3-15,18-19,26H,1,16-17H2,2H3,(H,34,40)(H,35,37). The molecule has 216 valence electrons. The lowest BCUT2D eigenvalue weighted by Crippen LogP contribution is -2.23. The molecule has 0 bridgehead atoms. The average Bonchev–Trinajstić information content (AvgIpc) is 3.64. The molecule has 0 radical (unpaired) electrons. The molecule has 1 fully saturated rings. The van der Waals surface area contributed by atoms with Crippen molar-refractivity contribution < 1.29 is 23.5 Å². The minimum atomic E-state index is -0.611. The summed E-state index contributed by atoms with van der Waals surface area (Å²) in [6.07, 6.45) is 3.01. The monoisotopic (exact) mass is 578 g/mol. The van der Waals surface area contributed by atoms with Crippen molar-refractivity contribution in [2.45, 2.75) is 5.92 Å². The Morgan fingerprint density at radius 3 is 2.53 bits per heavy atom. The molecule has 2 aromatic heterocycles. The van der Waals surface area contributed by atoms with Gasteiger partial charge in [0.2, 0.25) is 11.9 Å². The lowest BCUT2D eigenvalue weighted by molar-refractivity contribution is -0.116. The molecule has 0 spiro atoms. The zero-order valence-electron chi connectivity index (χ0n) is 23.2. The van der Waals surface area contributed by atoms with E-state index in [1.165, 1.54) is 18.2 Å². The van der Waals surface area contributed by atoms with Crippen LogP contribution in [0.5, 0.6) is 5.75 Å². The molecule has 5 aromatic rings. The molecular formula is C32H27FN6O4. The number of hydrogen-bond acceptors (Lipinski definition) is 7. The molecule has 10 nitrogen and oxygen atoms in total. The van der Waals surface area contributed by atoms with Crippen molar-refractivity contribution in [1.29, 1.82) is 0 Å². The van der Waals surface area contributed by atoms with Crippen molar-refractivity contribution in [3.63, 3.8) is 0 Å². The fourth-order valence-corrected chi connectivity index (χ4v) is 4.84. The van der Waals surface area contributed by atoms with Gasteiger partial charge in [0.25, 0.3) is 0 Å². The van der Waals surface area contributed by atoms with E-state index in [2.05, 4.69) is 27.3 Å². The molecule has 43 heavy (non-hydrogen) atoms. The van der Waals surface area contributed by atoms with Crippen LogP contribution in [0.3, 0.4) is 0 Å². The summed E-state index contributed by atoms with van der Waals surface area (Å²) in [5.74, 6) is -0.332. The van der Waals surface area contributed by atoms with Crippen molar-refractivity contribution in [3.8, 4) is 16.9 Å². The SMILES string of the molecule is C=CC(C(=O)Nc1ccc(-c2ccc3nc(Nc4ccc(N5CCOC5=O)cc4OC)nn3c2)cc1)c1ccc(F)cc1. The second kappa shape index (κ2) is 11.6. The Kier molecular flexibility index (Phi) is 7.44. The highest BCUT2D eigenvalue weighted by molar-refractivity contribution is 5.97. The van der Waals surface area contributed by atoms with E-state index in [0.717, 1.165) is 11.1 Å². The van der Waals surface area contributed by atoms with Crippen LogP contribution in [0.15, 0.2) is 97.7 Å². The summed E-state index contributed by atoms with van der Waals surface area (Å²) in [4.78, 5) is 30.9. The quantitative estimate of drug-likeness (QED) is 0.202. The van der Waals surface area contributed by atoms with Crippen LogP contribution in [-0.4, -0.2) is 46.9 Å². The molecule has 2 amide bonds. The number of ether oxygens (including phenoxy) is 2. The molecule has 1 unspecified atom stereocenters. The first-order chi connectivity index (χ1) is 20.9. The van der Waals surface area contributed by atoms with Crippen LogP contribution in [0.4, 0.5) is 32.2 Å². The smallest absolute Gasteiger partial charge is 0.414 e. The third-order valence-corrected chi connectivity index (χ3v) is 7.07. The van der Waals surface area contributed by atoms with Gasteiger partial charge in [0, 0.05) is 23.5 Å². The number of cyclic esters (lactones) is 1. The average molecular weight is 579 g/mol. The summed E-state index contributed by atoms with van der Waals surface area (Å²) >= 11 is 0. The highest BCUT2D eigenvalue weighted by Crippen LogP contribution is 2.33. The highest BCUT2D eigenvalue weighted by atomic mass is 19.1. The van der Waals surface area contributed by atoms with Gasteiger partial charge in [-0.3, -0.25) is 9.69 Å². The molecule has 3 aromatic carbocycles. The minimum absolute atomic E-state index is 0.261. The third kappa shape index (κ3) is 5.73. The van der Waals surface area contributed by atoms with Gasteiger partial charge in [-0.2, -0.15) is 4.98 Å². The number of fused-ring (bicyclic) bond motifs is 1. The van der Waals surface area contributed by atoms with Crippen LogP contribution < -0.4 is 20.3 Å². The normalized spacial score (nSPS) is 13.4. The number of aromatic nitrogens is 3. The van der Waals surface area contributed by atoms with Crippen LogP contribution in [0.2, 0.25) is 0 Å². The second-order valence-corrected chi connectivity index (χ2v) is 9.76. The topological polar surface area (TPSA) is 110 Å². The van der Waals surface area contributed by atoms with Gasteiger partial charge in [-0.15, -0.1) is 11.7 Å². The maximum atomic E-state index is 13.3. The number of rotatable bonds is 9. The number of nitrogens with one attached hydrogen (secondary N) is 2. The van der Waals surface area contributed by atoms with E-state index in [-0.39, 0.29) is 17.8 Å². The maximum Gasteiger partial charge on any atom is 0.414 e. The van der Waals surface area contributed by atoms with Crippen LogP contribution in [-0.2, 0) is 9.53 Å². The number of carbonyl (C=O) groups is 2. The van der Waals surface area contributed by atoms with Crippen molar-refractivity contribution in [2.24, 2.45) is 0 Å². The molecule has 1 saturated heterocycles. The van der Waals surface area contributed by atoms with Crippen molar-refractivity contribution in [3.05, 3.63) is 109 Å². The third-order valence-electron chi connectivity index (χ3n) is 7.07. The number of benzene rings is 3. The number of pyridine rings is 1. The van der Waals surface area contributed by atoms with Crippen LogP contribution in [0, 0.1) is 5.82 Å². The molecule has 2 N–H and O–H groups in total. The summed E-state index contributed by atoms with van der Waals surface area (Å²) in [6, 6.07) is 22.4. The fourth-order valence-electron chi connectivity index (χ4n) is 4.84. The Hall–Kier alpha value is -5.71. The largest absolute Gasteiger partial charge is 0.494 e. The first kappa shape index (κ1) is 27.5. The summed E-state index contributed by atoms with van der Waals surface area (Å²) in [5, 5.41) is 10.6. The van der Waals surface area contributed by atoms with Gasteiger partial charge in [-0.05, 0) is 59.7 Å². The van der Waals surface area contributed by atoms with Gasteiger partial charge in [-0.25, -0.2) is 13.7 Å². The Morgan fingerprint density at radius 2 is 1.84 bits per heavy atom. The molecule has 0 saturated carbocycles. The predicted molar refractivity (Wildman–Crippen MR) is 161 cm³/mol. The van der Waals surface area contributed by atoms with Gasteiger partial charge in [0.15, 0.2) is 5.65 Å². The summed E-state index contributed by atoms with van der Waals surface area (Å²) in [5.41, 5.74) is 5.06. The number of amides is 2. The number of carbonyl (C=O) groups excluding carboxylic acids is 2. The zero-order valence-corrected chi connectivity index (χ0v) is 23.2. The van der Waals surface area contributed by atoms with Crippen LogP contribution in [0.25, 0.3) is 16.8 Å². The number of methoxy groups -OCH3 is 1. The molecule has 11 heteroatoms. The number of nitrogens with zero attached hydrogens (tertiary/aromatic N) is 4. The van der Waals surface area contributed by atoms with E-state index in [0.29, 0.717) is 53.1 Å². The van der Waals surface area contributed by atoms with E-state index in [9.17, 15) is 14.0 Å². The minimum Gasteiger partial charge on any atom is -0.494 e. The number of anilines is 4. The summed E-state index contributed by atoms with van der Waals surface area (Å²) in [6.45, 7) is 4.59. The van der Waals surface area contributed by atoms with E-state index in [1.54, 1.807) is 46.9 Å². The van der Waals surface area contributed by atoms with E-state index in [1.807, 2.05) is 42.6 Å². The zero-order chi connectivity index (χ0) is 29.9. The first-order valence-electron chi connectivity index (χ1n) is 13.5. The Morgan fingerprint density at radius 1 is 1.07 bits per heavy atom. The fraction of sp³-hybridized carbons (Fsp3) is 0.125. The van der Waals surface area contributed by atoms with Crippen molar-refractivity contribution >= 4 is 40.7 Å². The number of hydrogen-bond donors (Lipinski definition) is 2. The van der Waals surface area contributed by atoms with Gasteiger partial charge in [0.05, 0.1) is 30.9 Å². The molecule has 1 aliphatic heterocycles. The summed E-state index contributed by atoms with van der Waals surface area (Å²) < 4.78 is 25.5. The Balaban J connectivity index is 1.16. The lowest BCUT2D eigenvalue weighted by Gasteiger charge is -2.16. The van der Waals surface area contributed by atoms with Gasteiger partial charge in [-0.1, -0.05) is 30.3 Å². The van der Waals surface area contributed by atoms with E-state index >= 15 is 0 Å². The molecule has 3 heterocycles. The molecule has 1 aliphatic rings. The Labute approximate surface area is 246 Å². The van der Waals surface area contributed by atoms with E-state index in [4.69, 9.17) is 9.47 Å². The first-order valence-corrected chi connectivity index (χ1v) is 13.5. The van der Waals surface area contributed by atoms with E-state index < -0.39 is 5.92 Å². The predicted octanol–water partition coefficient (Wildman–Crippen LogP) is 6.15. The van der Waals surface area contributed by atoms with Gasteiger partial charge in [0.1, 0.15) is 18.2 Å². The lowest BCUT2D eigenvalue weighted by atomic mass is 9.98. The van der Waals surface area contributed by atoms with Crippen LogP contribution in [0.1, 0.15) is 11.5 Å². The molecule has 0 aliphatic carbocycles.